The predicted molar refractivity (Wildman–Crippen MR) is 72.2 cm³/mol. The van der Waals surface area contributed by atoms with Crippen molar-refractivity contribution in [2.45, 2.75) is 26.0 Å². The summed E-state index contributed by atoms with van der Waals surface area (Å²) >= 11 is 12.2. The van der Waals surface area contributed by atoms with Crippen LogP contribution in [0.15, 0.2) is 18.2 Å². The van der Waals surface area contributed by atoms with E-state index in [1.807, 2.05) is 12.1 Å². The van der Waals surface area contributed by atoms with Crippen LogP contribution >= 0.6 is 23.2 Å². The van der Waals surface area contributed by atoms with Crippen molar-refractivity contribution in [2.24, 2.45) is 11.8 Å². The van der Waals surface area contributed by atoms with Gasteiger partial charge in [0.2, 0.25) is 0 Å². The van der Waals surface area contributed by atoms with Crippen molar-refractivity contribution in [1.29, 1.82) is 0 Å². The minimum atomic E-state index is -0.189. The monoisotopic (exact) mass is 276 g/mol. The second-order valence-electron chi connectivity index (χ2n) is 4.23. The molecule has 0 saturated heterocycles. The van der Waals surface area contributed by atoms with Gasteiger partial charge in [0.25, 0.3) is 0 Å². The quantitative estimate of drug-likeness (QED) is 0.642. The van der Waals surface area contributed by atoms with Crippen LogP contribution < -0.4 is 11.3 Å². The van der Waals surface area contributed by atoms with Gasteiger partial charge in [0.15, 0.2) is 0 Å². The van der Waals surface area contributed by atoms with Crippen molar-refractivity contribution in [1.82, 2.24) is 5.43 Å². The summed E-state index contributed by atoms with van der Waals surface area (Å²) in [6.45, 7) is 4.13. The molecule has 0 heterocycles. The average Bonchev–Trinajstić information content (AvgIpc) is 2.29. The molecule has 0 spiro atoms. The maximum Gasteiger partial charge on any atom is 0.0802 e. The van der Waals surface area contributed by atoms with Crippen LogP contribution in [0.1, 0.15) is 25.5 Å². The van der Waals surface area contributed by atoms with Crippen molar-refractivity contribution in [3.63, 3.8) is 0 Å². The molecule has 2 atom stereocenters. The lowest BCUT2D eigenvalue weighted by atomic mass is 9.94. The molecule has 0 radical (unpaired) electrons. The Morgan fingerprint density at radius 1 is 1.29 bits per heavy atom. The van der Waals surface area contributed by atoms with E-state index in [0.29, 0.717) is 16.0 Å². The van der Waals surface area contributed by atoms with E-state index in [1.165, 1.54) is 0 Å². The van der Waals surface area contributed by atoms with Gasteiger partial charge in [-0.2, -0.15) is 0 Å². The summed E-state index contributed by atoms with van der Waals surface area (Å²) in [6, 6.07) is 5.30. The maximum atomic E-state index is 6.19. The molecule has 0 bridgehead atoms. The van der Waals surface area contributed by atoms with Crippen LogP contribution in [0.2, 0.25) is 10.0 Å². The highest BCUT2D eigenvalue weighted by Gasteiger charge is 2.27. The van der Waals surface area contributed by atoms with Crippen LogP contribution in [0.3, 0.4) is 0 Å². The molecule has 96 valence electrons. The normalized spacial score (nSPS) is 15.0. The summed E-state index contributed by atoms with van der Waals surface area (Å²) in [7, 11) is 1.66. The lowest BCUT2D eigenvalue weighted by Crippen LogP contribution is -2.40. The Balaban J connectivity index is 3.12. The smallest absolute Gasteiger partial charge is 0.0802 e. The second kappa shape index (κ2) is 6.57. The molecule has 0 saturated carbocycles. The van der Waals surface area contributed by atoms with Gasteiger partial charge in [-0.05, 0) is 17.5 Å². The van der Waals surface area contributed by atoms with E-state index >= 15 is 0 Å². The lowest BCUT2D eigenvalue weighted by Gasteiger charge is -2.29. The molecule has 0 aliphatic heterocycles. The Bertz CT molecular complexity index is 372. The molecule has 0 amide bonds. The molecular formula is C12H18Cl2N2O. The highest BCUT2D eigenvalue weighted by atomic mass is 35.5. The molecule has 1 aromatic rings. The van der Waals surface area contributed by atoms with Gasteiger partial charge in [0.05, 0.1) is 22.2 Å². The zero-order valence-corrected chi connectivity index (χ0v) is 11.7. The molecular weight excluding hydrogens is 259 g/mol. The van der Waals surface area contributed by atoms with Gasteiger partial charge in [-0.15, -0.1) is 0 Å². The highest BCUT2D eigenvalue weighted by molar-refractivity contribution is 6.42. The molecule has 3 nitrogen and oxygen atoms in total. The molecule has 2 unspecified atom stereocenters. The van der Waals surface area contributed by atoms with E-state index in [2.05, 4.69) is 19.3 Å². The number of methoxy groups -OCH3 is 1. The summed E-state index contributed by atoms with van der Waals surface area (Å²) < 4.78 is 5.47. The highest BCUT2D eigenvalue weighted by Crippen LogP contribution is 2.33. The Morgan fingerprint density at radius 2 is 1.94 bits per heavy atom. The topological polar surface area (TPSA) is 47.3 Å². The lowest BCUT2D eigenvalue weighted by molar-refractivity contribution is 0.0326. The third-order valence-corrected chi connectivity index (χ3v) is 3.59. The van der Waals surface area contributed by atoms with Crippen molar-refractivity contribution in [3.05, 3.63) is 33.8 Å². The summed E-state index contributed by atoms with van der Waals surface area (Å²) in [5, 5.41) is 1.03. The summed E-state index contributed by atoms with van der Waals surface area (Å²) in [5.41, 5.74) is 3.60. The van der Waals surface area contributed by atoms with E-state index in [0.717, 1.165) is 5.56 Å². The Morgan fingerprint density at radius 3 is 2.41 bits per heavy atom. The number of hydrogen-bond donors (Lipinski definition) is 2. The minimum absolute atomic E-state index is 0.0732. The number of nitrogens with two attached hydrogens (primary N) is 1. The third kappa shape index (κ3) is 3.33. The van der Waals surface area contributed by atoms with Crippen molar-refractivity contribution in [2.75, 3.05) is 7.11 Å². The van der Waals surface area contributed by atoms with Crippen molar-refractivity contribution >= 4 is 23.2 Å². The van der Waals surface area contributed by atoms with Gasteiger partial charge in [0, 0.05) is 7.11 Å². The van der Waals surface area contributed by atoms with Crippen LogP contribution in [-0.4, -0.2) is 13.2 Å². The largest absolute Gasteiger partial charge is 0.379 e. The number of rotatable bonds is 5. The van der Waals surface area contributed by atoms with Crippen LogP contribution in [-0.2, 0) is 4.74 Å². The van der Waals surface area contributed by atoms with Gasteiger partial charge in [-0.1, -0.05) is 49.2 Å². The molecule has 5 heteroatoms. The molecule has 0 fully saturated rings. The third-order valence-electron chi connectivity index (χ3n) is 2.75. The molecule has 0 aliphatic carbocycles. The summed E-state index contributed by atoms with van der Waals surface area (Å²) in [4.78, 5) is 0. The van der Waals surface area contributed by atoms with Gasteiger partial charge in [-0.3, -0.25) is 11.3 Å². The van der Waals surface area contributed by atoms with Crippen LogP contribution in [0.25, 0.3) is 0 Å². The van der Waals surface area contributed by atoms with E-state index in [-0.39, 0.29) is 12.1 Å². The molecule has 0 aliphatic rings. The first-order chi connectivity index (χ1) is 8.02. The predicted octanol–water partition coefficient (Wildman–Crippen LogP) is 3.17. The number of ether oxygens (including phenoxy) is 1. The Labute approximate surface area is 112 Å². The first-order valence-electron chi connectivity index (χ1n) is 5.45. The Kier molecular flexibility index (Phi) is 5.70. The summed E-state index contributed by atoms with van der Waals surface area (Å²) in [5.74, 6) is 5.91. The SMILES string of the molecule is COC(C(C)C)C(NN)c1cccc(Cl)c1Cl. The maximum absolute atomic E-state index is 6.19. The first kappa shape index (κ1) is 14.7. The van der Waals surface area contributed by atoms with Crippen molar-refractivity contribution < 1.29 is 4.74 Å². The number of hydrogen-bond acceptors (Lipinski definition) is 3. The van der Waals surface area contributed by atoms with Gasteiger partial charge in [-0.25, -0.2) is 0 Å². The number of hydrazine groups is 1. The fourth-order valence-electron chi connectivity index (χ4n) is 1.92. The number of benzene rings is 1. The molecule has 17 heavy (non-hydrogen) atoms. The molecule has 1 aromatic carbocycles. The van der Waals surface area contributed by atoms with Crippen LogP contribution in [0.4, 0.5) is 0 Å². The minimum Gasteiger partial charge on any atom is -0.379 e. The van der Waals surface area contributed by atoms with Crippen molar-refractivity contribution in [3.8, 4) is 0 Å². The van der Waals surface area contributed by atoms with Gasteiger partial charge < -0.3 is 4.74 Å². The Hall–Kier alpha value is -0.320. The molecule has 0 aromatic heterocycles. The molecule has 1 rings (SSSR count). The van der Waals surface area contributed by atoms with Gasteiger partial charge >= 0.3 is 0 Å². The fourth-order valence-corrected chi connectivity index (χ4v) is 2.34. The first-order valence-corrected chi connectivity index (χ1v) is 6.21. The number of halogens is 2. The van der Waals surface area contributed by atoms with Crippen LogP contribution in [0.5, 0.6) is 0 Å². The van der Waals surface area contributed by atoms with E-state index < -0.39 is 0 Å². The number of nitrogens with one attached hydrogen (secondary N) is 1. The standard InChI is InChI=1S/C12H18Cl2N2O/c1-7(2)12(17-3)11(16-15)8-5-4-6-9(13)10(8)14/h4-7,11-12,16H,15H2,1-3H3. The fraction of sp³-hybridized carbons (Fsp3) is 0.500. The van der Waals surface area contributed by atoms with Gasteiger partial charge in [0.1, 0.15) is 0 Å². The molecule has 3 N–H and O–H groups in total. The zero-order valence-electron chi connectivity index (χ0n) is 10.2. The van der Waals surface area contributed by atoms with Crippen LogP contribution in [0, 0.1) is 5.92 Å². The van der Waals surface area contributed by atoms with E-state index in [9.17, 15) is 0 Å². The average molecular weight is 277 g/mol. The van der Waals surface area contributed by atoms with E-state index in [4.69, 9.17) is 33.8 Å². The van der Waals surface area contributed by atoms with E-state index in [1.54, 1.807) is 13.2 Å². The summed E-state index contributed by atoms with van der Waals surface area (Å²) in [6.07, 6.45) is -0.0732. The zero-order chi connectivity index (χ0) is 13.0. The second-order valence-corrected chi connectivity index (χ2v) is 5.02.